The Hall–Kier alpha value is -4.36. The number of amidine groups is 1. The van der Waals surface area contributed by atoms with E-state index in [0.717, 1.165) is 0 Å². The molecule has 4 aromatic rings. The Labute approximate surface area is 236 Å². The van der Waals surface area contributed by atoms with Gasteiger partial charge < -0.3 is 9.73 Å². The molecule has 0 fully saturated rings. The summed E-state index contributed by atoms with van der Waals surface area (Å²) in [5.41, 5.74) is 1.16. The van der Waals surface area contributed by atoms with Crippen LogP contribution < -0.4 is 10.0 Å². The summed E-state index contributed by atoms with van der Waals surface area (Å²) in [6, 6.07) is 18.3. The molecule has 212 valence electrons. The van der Waals surface area contributed by atoms with Gasteiger partial charge in [0.2, 0.25) is 11.7 Å². The number of oxazole rings is 1. The van der Waals surface area contributed by atoms with Gasteiger partial charge in [0.1, 0.15) is 17.4 Å². The Balaban J connectivity index is 1.44. The number of fused-ring (bicyclic) bond motifs is 2. The van der Waals surface area contributed by atoms with Crippen LogP contribution in [0.15, 0.2) is 98.1 Å². The lowest BCUT2D eigenvalue weighted by atomic mass is 10.1. The lowest BCUT2D eigenvalue weighted by molar-refractivity contribution is -0.122. The maximum Gasteiger partial charge on any atom is 0.266 e. The zero-order valence-electron chi connectivity index (χ0n) is 21.9. The number of nitrogens with one attached hydrogen (secondary N) is 2. The quantitative estimate of drug-likeness (QED) is 0.265. The summed E-state index contributed by atoms with van der Waals surface area (Å²) < 4.78 is 59.1. The Morgan fingerprint density at radius 1 is 1.00 bits per heavy atom. The number of carbonyl (C=O) groups is 2. The Bertz CT molecular complexity index is 1830. The number of amides is 1. The summed E-state index contributed by atoms with van der Waals surface area (Å²) >= 11 is 0. The molecular formula is C28H26N4O7S2. The van der Waals surface area contributed by atoms with Gasteiger partial charge >= 0.3 is 0 Å². The molecule has 0 bridgehead atoms. The molecule has 5 rings (SSSR count). The summed E-state index contributed by atoms with van der Waals surface area (Å²) in [7, 11) is -7.70. The summed E-state index contributed by atoms with van der Waals surface area (Å²) in [4.78, 5) is 35.4. The summed E-state index contributed by atoms with van der Waals surface area (Å²) in [6.45, 7) is 1.69. The molecule has 0 saturated carbocycles. The predicted octanol–water partition coefficient (Wildman–Crippen LogP) is 2.88. The molecule has 0 spiro atoms. The molecule has 1 aromatic heterocycles. The van der Waals surface area contributed by atoms with E-state index in [0.29, 0.717) is 11.1 Å². The molecule has 1 aliphatic heterocycles. The maximum atomic E-state index is 13.5. The molecule has 0 unspecified atom stereocenters. The largest absolute Gasteiger partial charge is 0.434 e. The normalized spacial score (nSPS) is 16.6. The summed E-state index contributed by atoms with van der Waals surface area (Å²) in [6.07, 6.45) is -0.0890. The van der Waals surface area contributed by atoms with Gasteiger partial charge in [-0.1, -0.05) is 49.4 Å². The number of benzene rings is 3. The Kier molecular flexibility index (Phi) is 7.74. The van der Waals surface area contributed by atoms with Crippen LogP contribution in [-0.2, 0) is 24.7 Å². The number of para-hydroxylation sites is 2. The third kappa shape index (κ3) is 5.91. The van der Waals surface area contributed by atoms with Crippen LogP contribution in [0.4, 0.5) is 0 Å². The van der Waals surface area contributed by atoms with Crippen molar-refractivity contribution in [1.82, 2.24) is 15.0 Å². The van der Waals surface area contributed by atoms with Crippen molar-refractivity contribution in [1.29, 1.82) is 0 Å². The topological polar surface area (TPSA) is 165 Å². The van der Waals surface area contributed by atoms with Crippen LogP contribution in [0, 0.1) is 0 Å². The first-order valence-electron chi connectivity index (χ1n) is 12.8. The highest BCUT2D eigenvalue weighted by Crippen LogP contribution is 2.24. The second kappa shape index (κ2) is 11.3. The number of ketones is 1. The van der Waals surface area contributed by atoms with Gasteiger partial charge in [-0.25, -0.2) is 21.8 Å². The monoisotopic (exact) mass is 594 g/mol. The van der Waals surface area contributed by atoms with Crippen molar-refractivity contribution in [3.8, 4) is 0 Å². The van der Waals surface area contributed by atoms with Gasteiger partial charge in [0.15, 0.2) is 15.4 Å². The van der Waals surface area contributed by atoms with Crippen molar-refractivity contribution in [3.05, 3.63) is 90.3 Å². The molecule has 1 amide bonds. The summed E-state index contributed by atoms with van der Waals surface area (Å²) in [5, 5.41) is 2.64. The number of sulfonamides is 1. The second-order valence-corrected chi connectivity index (χ2v) is 13.1. The molecule has 3 aromatic carbocycles. The van der Waals surface area contributed by atoms with Crippen LogP contribution in [0.5, 0.6) is 0 Å². The highest BCUT2D eigenvalue weighted by atomic mass is 32.2. The maximum absolute atomic E-state index is 13.5. The highest BCUT2D eigenvalue weighted by Gasteiger charge is 2.34. The molecule has 13 heteroatoms. The average Bonchev–Trinajstić information content (AvgIpc) is 3.52. The minimum atomic E-state index is -3.91. The van der Waals surface area contributed by atoms with E-state index < -0.39 is 49.4 Å². The molecule has 41 heavy (non-hydrogen) atoms. The van der Waals surface area contributed by atoms with Crippen molar-refractivity contribution < 1.29 is 30.8 Å². The number of aliphatic imine (C=N–C) groups is 1. The van der Waals surface area contributed by atoms with Crippen molar-refractivity contribution in [2.45, 2.75) is 41.6 Å². The minimum Gasteiger partial charge on any atom is -0.434 e. The Morgan fingerprint density at radius 2 is 1.68 bits per heavy atom. The van der Waals surface area contributed by atoms with E-state index in [9.17, 15) is 26.4 Å². The number of nitrogens with zero attached hydrogens (tertiary/aromatic N) is 2. The van der Waals surface area contributed by atoms with E-state index in [4.69, 9.17) is 4.42 Å². The molecule has 2 N–H and O–H groups in total. The van der Waals surface area contributed by atoms with Crippen LogP contribution >= 0.6 is 0 Å². The van der Waals surface area contributed by atoms with Gasteiger partial charge in [0, 0.05) is 5.56 Å². The third-order valence-corrected chi connectivity index (χ3v) is 9.72. The average molecular weight is 595 g/mol. The molecule has 0 saturated heterocycles. The molecule has 11 nitrogen and oxygen atoms in total. The zero-order valence-corrected chi connectivity index (χ0v) is 23.5. The highest BCUT2D eigenvalue weighted by molar-refractivity contribution is 7.91. The van der Waals surface area contributed by atoms with Crippen LogP contribution in [0.1, 0.15) is 36.0 Å². The SMILES string of the molecule is CC[C@H](NC(=O)[C@H](CCS(=O)(=O)c1ccccc1)N=C1NS(=O)(=O)c2ccccc21)C(=O)c1nc2ccccc2o1. The van der Waals surface area contributed by atoms with Crippen molar-refractivity contribution in [3.63, 3.8) is 0 Å². The number of rotatable bonds is 10. The van der Waals surface area contributed by atoms with Crippen LogP contribution in [0.25, 0.3) is 11.1 Å². The van der Waals surface area contributed by atoms with E-state index in [1.165, 1.54) is 24.3 Å². The first-order valence-corrected chi connectivity index (χ1v) is 15.9. The van der Waals surface area contributed by atoms with E-state index in [1.807, 2.05) is 0 Å². The number of hydrogen-bond donors (Lipinski definition) is 2. The second-order valence-electron chi connectivity index (χ2n) is 9.34. The lowest BCUT2D eigenvalue weighted by Gasteiger charge is -2.19. The first-order chi connectivity index (χ1) is 19.6. The van der Waals surface area contributed by atoms with Gasteiger partial charge in [-0.15, -0.1) is 0 Å². The van der Waals surface area contributed by atoms with Crippen LogP contribution in [0.2, 0.25) is 0 Å². The fraction of sp³-hybridized carbons (Fsp3) is 0.214. The molecule has 2 heterocycles. The van der Waals surface area contributed by atoms with Crippen LogP contribution in [0.3, 0.4) is 0 Å². The predicted molar refractivity (Wildman–Crippen MR) is 151 cm³/mol. The molecule has 1 aliphatic rings. The number of hydrogen-bond acceptors (Lipinski definition) is 9. The standard InChI is InChI=1S/C28H26N4O7S2/c1-2-20(25(33)28-31-21-13-7-8-14-23(21)39-28)30-27(34)22(16-17-40(35,36)18-10-4-3-5-11-18)29-26-19-12-6-9-15-24(19)41(37,38)32-26/h3-15,20,22H,2,16-17H2,1H3,(H,29,32)(H,30,34)/t20-,22-/m0/s1. The van der Waals surface area contributed by atoms with E-state index in [-0.39, 0.29) is 39.9 Å². The van der Waals surface area contributed by atoms with Gasteiger partial charge in [0.05, 0.1) is 21.6 Å². The van der Waals surface area contributed by atoms with E-state index >= 15 is 0 Å². The molecule has 0 aliphatic carbocycles. The first kappa shape index (κ1) is 28.2. The Morgan fingerprint density at radius 3 is 2.41 bits per heavy atom. The van der Waals surface area contributed by atoms with Crippen molar-refractivity contribution in [2.24, 2.45) is 4.99 Å². The van der Waals surface area contributed by atoms with Crippen LogP contribution in [-0.4, -0.2) is 57.2 Å². The van der Waals surface area contributed by atoms with Crippen molar-refractivity contribution >= 4 is 48.5 Å². The third-order valence-electron chi connectivity index (χ3n) is 6.56. The molecule has 0 radical (unpaired) electrons. The zero-order chi connectivity index (χ0) is 29.2. The molecular weight excluding hydrogens is 568 g/mol. The number of carbonyl (C=O) groups excluding carboxylic acids is 2. The lowest BCUT2D eigenvalue weighted by Crippen LogP contribution is -2.45. The van der Waals surface area contributed by atoms with Gasteiger partial charge in [0.25, 0.3) is 15.9 Å². The van der Waals surface area contributed by atoms with Gasteiger partial charge in [-0.2, -0.15) is 0 Å². The summed E-state index contributed by atoms with van der Waals surface area (Å²) in [5.74, 6) is -2.02. The van der Waals surface area contributed by atoms with Crippen molar-refractivity contribution in [2.75, 3.05) is 5.75 Å². The molecule has 2 atom stereocenters. The van der Waals surface area contributed by atoms with E-state index in [1.54, 1.807) is 61.5 Å². The van der Waals surface area contributed by atoms with E-state index in [2.05, 4.69) is 20.0 Å². The van der Waals surface area contributed by atoms with Gasteiger partial charge in [-0.05, 0) is 49.2 Å². The fourth-order valence-electron chi connectivity index (χ4n) is 4.40. The van der Waals surface area contributed by atoms with Gasteiger partial charge in [-0.3, -0.25) is 19.3 Å². The number of Topliss-reactive ketones (excluding diaryl/α,β-unsaturated/α-hetero) is 1. The minimum absolute atomic E-state index is 0.00705. The number of aromatic nitrogens is 1. The smallest absolute Gasteiger partial charge is 0.266 e. The number of sulfone groups is 1. The fourth-order valence-corrected chi connectivity index (χ4v) is 6.98.